The Labute approximate surface area is 152 Å². The molecule has 7 heteroatoms. The highest BCUT2D eigenvalue weighted by Crippen LogP contribution is 2.30. The third-order valence-corrected chi connectivity index (χ3v) is 4.74. The van der Waals surface area contributed by atoms with E-state index in [-0.39, 0.29) is 12.5 Å². The molecule has 2 aromatic rings. The number of carbonyl (C=O) groups is 1. The van der Waals surface area contributed by atoms with Crippen molar-refractivity contribution >= 4 is 45.1 Å². The maximum atomic E-state index is 12.0. The highest BCUT2D eigenvalue weighted by Gasteiger charge is 2.34. The van der Waals surface area contributed by atoms with E-state index in [9.17, 15) is 4.79 Å². The number of ether oxygens (including phenoxy) is 1. The van der Waals surface area contributed by atoms with Gasteiger partial charge in [-0.15, -0.1) is 11.3 Å². The molecule has 1 aliphatic heterocycles. The van der Waals surface area contributed by atoms with Crippen molar-refractivity contribution in [2.24, 2.45) is 5.41 Å². The monoisotopic (exact) mass is 361 g/mol. The zero-order valence-electron chi connectivity index (χ0n) is 15.3. The lowest BCUT2D eigenvalue weighted by Crippen LogP contribution is -2.47. The van der Waals surface area contributed by atoms with Crippen LogP contribution in [0.4, 0.5) is 9.80 Å². The standard InChI is InChI=1S/C18H24BNO4S/c1-17(2,3)24-16(21)20-15-9-12-13(7-6-8-14(12)25-15)19-22-10-18(4,5)11-23-19/h6-9H,10-11H2,1-5H3,(H,20,21). The Hall–Kier alpha value is -1.57. The molecule has 134 valence electrons. The lowest BCUT2D eigenvalue weighted by molar-refractivity contribution is 0.0344. The van der Waals surface area contributed by atoms with Gasteiger partial charge in [0.05, 0.1) is 5.00 Å². The molecule has 1 aliphatic rings. The van der Waals surface area contributed by atoms with Crippen molar-refractivity contribution in [2.75, 3.05) is 18.5 Å². The first-order chi connectivity index (χ1) is 11.6. The van der Waals surface area contributed by atoms with E-state index in [4.69, 9.17) is 14.0 Å². The van der Waals surface area contributed by atoms with Crippen LogP contribution < -0.4 is 10.8 Å². The second kappa shape index (κ2) is 6.63. The summed E-state index contributed by atoms with van der Waals surface area (Å²) in [7, 11) is -0.374. The number of hydrogen-bond acceptors (Lipinski definition) is 5. The van der Waals surface area contributed by atoms with E-state index in [0.717, 1.165) is 20.6 Å². The second-order valence-electron chi connectivity index (χ2n) is 8.11. The van der Waals surface area contributed by atoms with Crippen LogP contribution in [0.1, 0.15) is 34.6 Å². The number of anilines is 1. The minimum atomic E-state index is -0.525. The minimum Gasteiger partial charge on any atom is -0.444 e. The van der Waals surface area contributed by atoms with E-state index in [0.29, 0.717) is 13.2 Å². The van der Waals surface area contributed by atoms with Gasteiger partial charge in [0, 0.05) is 23.3 Å². The molecule has 0 bridgehead atoms. The van der Waals surface area contributed by atoms with Gasteiger partial charge in [0.15, 0.2) is 0 Å². The van der Waals surface area contributed by atoms with E-state index in [2.05, 4.69) is 19.2 Å². The molecule has 0 spiro atoms. The highest BCUT2D eigenvalue weighted by molar-refractivity contribution is 7.23. The molecule has 5 nitrogen and oxygen atoms in total. The van der Waals surface area contributed by atoms with Crippen LogP contribution in [0, 0.1) is 5.41 Å². The molecule has 3 rings (SSSR count). The first-order valence-corrected chi connectivity index (χ1v) is 9.20. The Morgan fingerprint density at radius 2 is 1.96 bits per heavy atom. The molecule has 0 aliphatic carbocycles. The molecular weight excluding hydrogens is 337 g/mol. The molecule has 2 heterocycles. The highest BCUT2D eigenvalue weighted by atomic mass is 32.1. The summed E-state index contributed by atoms with van der Waals surface area (Å²) in [5, 5.41) is 4.58. The van der Waals surface area contributed by atoms with Gasteiger partial charge in [-0.05, 0) is 43.8 Å². The average Bonchev–Trinajstić information content (AvgIpc) is 2.87. The molecule has 0 atom stereocenters. The van der Waals surface area contributed by atoms with Crippen LogP contribution in [0.25, 0.3) is 10.1 Å². The maximum absolute atomic E-state index is 12.0. The minimum absolute atomic E-state index is 0.0302. The van der Waals surface area contributed by atoms with Gasteiger partial charge < -0.3 is 14.0 Å². The van der Waals surface area contributed by atoms with Gasteiger partial charge in [-0.25, -0.2) is 4.79 Å². The Balaban J connectivity index is 1.80. The quantitative estimate of drug-likeness (QED) is 0.821. The summed E-state index contributed by atoms with van der Waals surface area (Å²) in [5.74, 6) is 0. The van der Waals surface area contributed by atoms with Crippen LogP contribution in [0.5, 0.6) is 0 Å². The molecule has 0 unspecified atom stereocenters. The van der Waals surface area contributed by atoms with Gasteiger partial charge in [-0.3, -0.25) is 5.32 Å². The molecule has 1 amide bonds. The Kier molecular flexibility index (Phi) is 4.83. The molecule has 1 N–H and O–H groups in total. The molecule has 1 aromatic carbocycles. The fourth-order valence-corrected chi connectivity index (χ4v) is 3.61. The van der Waals surface area contributed by atoms with Crippen molar-refractivity contribution < 1.29 is 18.8 Å². The Bertz CT molecular complexity index is 771. The summed E-state index contributed by atoms with van der Waals surface area (Å²) in [5.41, 5.74) is 0.492. The number of amides is 1. The van der Waals surface area contributed by atoms with Gasteiger partial charge in [0.2, 0.25) is 0 Å². The first kappa shape index (κ1) is 18.2. The van der Waals surface area contributed by atoms with Gasteiger partial charge in [0.25, 0.3) is 0 Å². The summed E-state index contributed by atoms with van der Waals surface area (Å²) < 4.78 is 18.2. The molecule has 0 radical (unpaired) electrons. The number of benzene rings is 1. The van der Waals surface area contributed by atoms with Gasteiger partial charge in [-0.1, -0.05) is 26.0 Å². The molecule has 25 heavy (non-hydrogen) atoms. The summed E-state index contributed by atoms with van der Waals surface area (Å²) in [6.07, 6.45) is -0.451. The Morgan fingerprint density at radius 1 is 1.28 bits per heavy atom. The molecular formula is C18H24BNO4S. The van der Waals surface area contributed by atoms with Crippen LogP contribution in [-0.4, -0.2) is 32.0 Å². The van der Waals surface area contributed by atoms with Crippen LogP contribution in [0.3, 0.4) is 0 Å². The molecule has 1 aromatic heterocycles. The summed E-state index contributed by atoms with van der Waals surface area (Å²) in [6, 6.07) is 7.97. The predicted molar refractivity (Wildman–Crippen MR) is 103 cm³/mol. The zero-order chi connectivity index (χ0) is 18.2. The smallest absolute Gasteiger partial charge is 0.444 e. The largest absolute Gasteiger partial charge is 0.494 e. The van der Waals surface area contributed by atoms with Crippen molar-refractivity contribution in [1.29, 1.82) is 0 Å². The topological polar surface area (TPSA) is 56.8 Å². The summed E-state index contributed by atoms with van der Waals surface area (Å²) in [6.45, 7) is 11.1. The fourth-order valence-electron chi connectivity index (χ4n) is 2.63. The van der Waals surface area contributed by atoms with Crippen molar-refractivity contribution in [3.63, 3.8) is 0 Å². The summed E-state index contributed by atoms with van der Waals surface area (Å²) >= 11 is 1.51. The number of rotatable bonds is 2. The van der Waals surface area contributed by atoms with E-state index >= 15 is 0 Å². The SMILES string of the molecule is CC1(C)COB(c2cccc3sc(NC(=O)OC(C)(C)C)cc23)OC1. The van der Waals surface area contributed by atoms with E-state index in [1.165, 1.54) is 11.3 Å². The fraction of sp³-hybridized carbons (Fsp3) is 0.500. The number of thiophene rings is 1. The second-order valence-corrected chi connectivity index (χ2v) is 9.20. The number of hydrogen-bond donors (Lipinski definition) is 1. The van der Waals surface area contributed by atoms with Gasteiger partial charge >= 0.3 is 13.2 Å². The van der Waals surface area contributed by atoms with Crippen LogP contribution in [0.15, 0.2) is 24.3 Å². The van der Waals surface area contributed by atoms with Gasteiger partial charge in [-0.2, -0.15) is 0 Å². The van der Waals surface area contributed by atoms with Crippen LogP contribution in [0.2, 0.25) is 0 Å². The zero-order valence-corrected chi connectivity index (χ0v) is 16.2. The maximum Gasteiger partial charge on any atom is 0.494 e. The predicted octanol–water partition coefficient (Wildman–Crippen LogP) is 4.02. The van der Waals surface area contributed by atoms with Crippen LogP contribution in [-0.2, 0) is 14.0 Å². The van der Waals surface area contributed by atoms with Crippen molar-refractivity contribution in [2.45, 2.75) is 40.2 Å². The molecule has 0 saturated carbocycles. The number of nitrogens with one attached hydrogen (secondary N) is 1. The number of fused-ring (bicyclic) bond motifs is 1. The van der Waals surface area contributed by atoms with Crippen molar-refractivity contribution in [3.05, 3.63) is 24.3 Å². The van der Waals surface area contributed by atoms with E-state index in [1.54, 1.807) is 0 Å². The average molecular weight is 361 g/mol. The van der Waals surface area contributed by atoms with Gasteiger partial charge in [0.1, 0.15) is 5.60 Å². The lowest BCUT2D eigenvalue weighted by atomic mass is 9.74. The van der Waals surface area contributed by atoms with Crippen LogP contribution >= 0.6 is 11.3 Å². The summed E-state index contributed by atoms with van der Waals surface area (Å²) in [4.78, 5) is 12.0. The third-order valence-electron chi connectivity index (χ3n) is 3.72. The molecule has 1 saturated heterocycles. The van der Waals surface area contributed by atoms with Crippen molar-refractivity contribution in [3.8, 4) is 0 Å². The van der Waals surface area contributed by atoms with Crippen molar-refractivity contribution in [1.82, 2.24) is 0 Å². The first-order valence-electron chi connectivity index (χ1n) is 8.39. The third kappa shape index (κ3) is 4.54. The normalized spacial score (nSPS) is 17.6. The lowest BCUT2D eigenvalue weighted by Gasteiger charge is -2.33. The van der Waals surface area contributed by atoms with E-state index in [1.807, 2.05) is 45.0 Å². The Morgan fingerprint density at radius 3 is 2.60 bits per heavy atom. The number of carbonyl (C=O) groups excluding carboxylic acids is 1. The van der Waals surface area contributed by atoms with E-state index < -0.39 is 11.7 Å². The molecule has 1 fully saturated rings.